The van der Waals surface area contributed by atoms with Crippen LogP contribution in [0.4, 0.5) is 0 Å². The Bertz CT molecular complexity index is 768. The number of fused-ring (bicyclic) bond motifs is 1. The summed E-state index contributed by atoms with van der Waals surface area (Å²) in [4.78, 5) is 22.9. The number of pyridine rings is 1. The van der Waals surface area contributed by atoms with Gasteiger partial charge in [-0.1, -0.05) is 18.2 Å². The van der Waals surface area contributed by atoms with Crippen LogP contribution in [0.15, 0.2) is 42.9 Å². The van der Waals surface area contributed by atoms with Crippen molar-refractivity contribution in [2.75, 3.05) is 7.11 Å². The Morgan fingerprint density at radius 1 is 1.38 bits per heavy atom. The minimum atomic E-state index is -0.202. The van der Waals surface area contributed by atoms with E-state index in [2.05, 4.69) is 20.3 Å². The summed E-state index contributed by atoms with van der Waals surface area (Å²) in [5.41, 5.74) is 2.22. The minimum absolute atomic E-state index is 0.202. The van der Waals surface area contributed by atoms with Gasteiger partial charge in [-0.05, 0) is 11.6 Å². The van der Waals surface area contributed by atoms with Crippen molar-refractivity contribution in [2.45, 2.75) is 6.54 Å². The van der Waals surface area contributed by atoms with Crippen LogP contribution in [-0.2, 0) is 6.54 Å². The minimum Gasteiger partial charge on any atom is -0.481 e. The standard InChI is InChI=1S/C15H14N4O2/c1-21-14-6-10(11-4-2-3-5-12(11)19-14)7-17-15(20)13-8-16-9-18-13/h2-6,8-9H,7H2,1H3,(H,16,18)(H,17,20). The van der Waals surface area contributed by atoms with Gasteiger partial charge < -0.3 is 15.0 Å². The third kappa shape index (κ3) is 2.69. The van der Waals surface area contributed by atoms with Crippen LogP contribution in [0.3, 0.4) is 0 Å². The van der Waals surface area contributed by atoms with Crippen LogP contribution < -0.4 is 10.1 Å². The maximum absolute atomic E-state index is 11.9. The van der Waals surface area contributed by atoms with Crippen molar-refractivity contribution in [3.63, 3.8) is 0 Å². The normalized spacial score (nSPS) is 10.5. The Kier molecular flexibility index (Phi) is 3.51. The number of para-hydroxylation sites is 1. The fraction of sp³-hybridized carbons (Fsp3) is 0.133. The summed E-state index contributed by atoms with van der Waals surface area (Å²) in [6.07, 6.45) is 2.96. The Balaban J connectivity index is 1.87. The van der Waals surface area contributed by atoms with Crippen molar-refractivity contribution in [1.29, 1.82) is 0 Å². The van der Waals surface area contributed by atoms with E-state index < -0.39 is 0 Å². The molecule has 2 heterocycles. The van der Waals surface area contributed by atoms with Crippen LogP contribution in [0.2, 0.25) is 0 Å². The van der Waals surface area contributed by atoms with E-state index in [9.17, 15) is 4.79 Å². The molecule has 0 saturated carbocycles. The zero-order valence-corrected chi connectivity index (χ0v) is 11.5. The number of benzene rings is 1. The molecule has 0 atom stereocenters. The van der Waals surface area contributed by atoms with Gasteiger partial charge in [0.25, 0.3) is 5.91 Å². The van der Waals surface area contributed by atoms with Crippen LogP contribution in [-0.4, -0.2) is 28.0 Å². The third-order valence-electron chi connectivity index (χ3n) is 3.17. The zero-order chi connectivity index (χ0) is 14.7. The van der Waals surface area contributed by atoms with Gasteiger partial charge in [0.1, 0.15) is 5.69 Å². The van der Waals surface area contributed by atoms with Crippen molar-refractivity contribution in [3.8, 4) is 5.88 Å². The Morgan fingerprint density at radius 2 is 2.24 bits per heavy atom. The number of hydrogen-bond acceptors (Lipinski definition) is 4. The highest BCUT2D eigenvalue weighted by Crippen LogP contribution is 2.21. The number of carbonyl (C=O) groups is 1. The van der Waals surface area contributed by atoms with E-state index >= 15 is 0 Å². The topological polar surface area (TPSA) is 79.9 Å². The molecule has 6 nitrogen and oxygen atoms in total. The number of ether oxygens (including phenoxy) is 1. The number of amides is 1. The molecule has 1 amide bonds. The summed E-state index contributed by atoms with van der Waals surface area (Å²) < 4.78 is 5.20. The summed E-state index contributed by atoms with van der Waals surface area (Å²) in [5, 5.41) is 3.84. The molecule has 106 valence electrons. The Labute approximate surface area is 121 Å². The van der Waals surface area contributed by atoms with Gasteiger partial charge in [0.2, 0.25) is 5.88 Å². The number of rotatable bonds is 4. The van der Waals surface area contributed by atoms with E-state index in [4.69, 9.17) is 4.74 Å². The van der Waals surface area contributed by atoms with Gasteiger partial charge >= 0.3 is 0 Å². The van der Waals surface area contributed by atoms with E-state index in [1.807, 2.05) is 30.3 Å². The lowest BCUT2D eigenvalue weighted by atomic mass is 10.1. The van der Waals surface area contributed by atoms with Gasteiger partial charge in [-0.2, -0.15) is 0 Å². The highest BCUT2D eigenvalue weighted by atomic mass is 16.5. The molecule has 1 aromatic carbocycles. The number of imidazole rings is 1. The maximum atomic E-state index is 11.9. The summed E-state index contributed by atoms with van der Waals surface area (Å²) in [7, 11) is 1.57. The lowest BCUT2D eigenvalue weighted by Crippen LogP contribution is -2.23. The first-order valence-corrected chi connectivity index (χ1v) is 6.47. The van der Waals surface area contributed by atoms with Gasteiger partial charge in [-0.15, -0.1) is 0 Å². The SMILES string of the molecule is COc1cc(CNC(=O)c2cnc[nH]2)c2ccccc2n1. The highest BCUT2D eigenvalue weighted by Gasteiger charge is 2.09. The van der Waals surface area contributed by atoms with E-state index in [-0.39, 0.29) is 5.91 Å². The first kappa shape index (κ1) is 13.1. The number of nitrogens with zero attached hydrogens (tertiary/aromatic N) is 2. The predicted molar refractivity (Wildman–Crippen MR) is 78.1 cm³/mol. The number of aromatic amines is 1. The number of methoxy groups -OCH3 is 1. The van der Waals surface area contributed by atoms with Crippen molar-refractivity contribution in [1.82, 2.24) is 20.3 Å². The third-order valence-corrected chi connectivity index (χ3v) is 3.17. The molecular weight excluding hydrogens is 268 g/mol. The molecular formula is C15H14N4O2. The van der Waals surface area contributed by atoms with E-state index in [1.165, 1.54) is 12.5 Å². The molecule has 3 rings (SSSR count). The number of hydrogen-bond donors (Lipinski definition) is 2. The van der Waals surface area contributed by atoms with Crippen LogP contribution in [0.5, 0.6) is 5.88 Å². The predicted octanol–water partition coefficient (Wildman–Crippen LogP) is 1.90. The van der Waals surface area contributed by atoms with E-state index in [0.29, 0.717) is 18.1 Å². The molecule has 0 saturated heterocycles. The largest absolute Gasteiger partial charge is 0.481 e. The van der Waals surface area contributed by atoms with Crippen LogP contribution in [0, 0.1) is 0 Å². The average molecular weight is 282 g/mol. The summed E-state index contributed by atoms with van der Waals surface area (Å²) in [6, 6.07) is 9.57. The molecule has 0 aliphatic rings. The molecule has 0 spiro atoms. The van der Waals surface area contributed by atoms with Crippen LogP contribution in [0.25, 0.3) is 10.9 Å². The zero-order valence-electron chi connectivity index (χ0n) is 11.5. The van der Waals surface area contributed by atoms with Gasteiger partial charge in [0.05, 0.1) is 25.2 Å². The smallest absolute Gasteiger partial charge is 0.269 e. The molecule has 0 fully saturated rings. The molecule has 0 aliphatic carbocycles. The summed E-state index contributed by atoms with van der Waals surface area (Å²) >= 11 is 0. The molecule has 3 aromatic rings. The van der Waals surface area contributed by atoms with Crippen LogP contribution in [0.1, 0.15) is 16.1 Å². The van der Waals surface area contributed by atoms with Gasteiger partial charge in [0.15, 0.2) is 0 Å². The number of nitrogens with one attached hydrogen (secondary N) is 2. The molecule has 0 radical (unpaired) electrons. The van der Waals surface area contributed by atoms with Crippen molar-refractivity contribution in [3.05, 3.63) is 54.1 Å². The fourth-order valence-corrected chi connectivity index (χ4v) is 2.12. The quantitative estimate of drug-likeness (QED) is 0.766. The average Bonchev–Trinajstić information content (AvgIpc) is 3.06. The van der Waals surface area contributed by atoms with E-state index in [1.54, 1.807) is 7.11 Å². The Morgan fingerprint density at radius 3 is 3.00 bits per heavy atom. The lowest BCUT2D eigenvalue weighted by molar-refractivity contribution is 0.0946. The second-order valence-electron chi connectivity index (χ2n) is 4.49. The van der Waals surface area contributed by atoms with Crippen molar-refractivity contribution in [2.24, 2.45) is 0 Å². The molecule has 2 N–H and O–H groups in total. The molecule has 6 heteroatoms. The van der Waals surface area contributed by atoms with Crippen LogP contribution >= 0.6 is 0 Å². The molecule has 0 bridgehead atoms. The monoisotopic (exact) mass is 282 g/mol. The second kappa shape index (κ2) is 5.62. The molecule has 0 aliphatic heterocycles. The molecule has 2 aromatic heterocycles. The first-order valence-electron chi connectivity index (χ1n) is 6.47. The second-order valence-corrected chi connectivity index (χ2v) is 4.49. The van der Waals surface area contributed by atoms with Crippen molar-refractivity contribution < 1.29 is 9.53 Å². The fourth-order valence-electron chi connectivity index (χ4n) is 2.12. The maximum Gasteiger partial charge on any atom is 0.269 e. The number of H-pyrrole nitrogens is 1. The van der Waals surface area contributed by atoms with E-state index in [0.717, 1.165) is 16.5 Å². The lowest BCUT2D eigenvalue weighted by Gasteiger charge is -2.09. The number of aromatic nitrogens is 3. The van der Waals surface area contributed by atoms with Gasteiger partial charge in [-0.3, -0.25) is 4.79 Å². The highest BCUT2D eigenvalue weighted by molar-refractivity contribution is 5.92. The number of carbonyl (C=O) groups excluding carboxylic acids is 1. The summed E-state index contributed by atoms with van der Waals surface area (Å²) in [5.74, 6) is 0.326. The Hall–Kier alpha value is -2.89. The first-order chi connectivity index (χ1) is 10.3. The summed E-state index contributed by atoms with van der Waals surface area (Å²) in [6.45, 7) is 0.386. The van der Waals surface area contributed by atoms with Gasteiger partial charge in [-0.25, -0.2) is 9.97 Å². The van der Waals surface area contributed by atoms with Crippen molar-refractivity contribution >= 4 is 16.8 Å². The molecule has 21 heavy (non-hydrogen) atoms. The van der Waals surface area contributed by atoms with Gasteiger partial charge in [0, 0.05) is 18.0 Å². The molecule has 0 unspecified atom stereocenters.